The third-order valence-electron chi connectivity index (χ3n) is 6.37. The van der Waals surface area contributed by atoms with Gasteiger partial charge in [0, 0.05) is 24.0 Å². The maximum atomic E-state index is 9.85. The van der Waals surface area contributed by atoms with Crippen molar-refractivity contribution in [1.29, 1.82) is 0 Å². The summed E-state index contributed by atoms with van der Waals surface area (Å²) in [5.41, 5.74) is 1.49. The molecule has 5 rings (SSSR count). The summed E-state index contributed by atoms with van der Waals surface area (Å²) in [6.45, 7) is 4.28. The minimum absolute atomic E-state index is 0.130. The van der Waals surface area contributed by atoms with E-state index in [1.54, 1.807) is 0 Å². The minimum atomic E-state index is -0.130. The van der Waals surface area contributed by atoms with Gasteiger partial charge in [-0.05, 0) is 56.9 Å². The SMILES string of the molecule is OC1CCC(Nc2nc(CN3CCOCC3)nc3sc4c(c23)CCCC4)CC1. The Morgan fingerprint density at radius 3 is 2.68 bits per heavy atom. The highest BCUT2D eigenvalue weighted by Gasteiger charge is 2.25. The molecule has 0 bridgehead atoms. The number of hydrogen-bond donors (Lipinski definition) is 2. The van der Waals surface area contributed by atoms with Gasteiger partial charge < -0.3 is 15.2 Å². The number of aryl methyl sites for hydroxylation is 2. The first-order valence-corrected chi connectivity index (χ1v) is 11.6. The van der Waals surface area contributed by atoms with Crippen LogP contribution in [-0.2, 0) is 24.1 Å². The second kappa shape index (κ2) is 8.22. The van der Waals surface area contributed by atoms with Gasteiger partial charge in [0.1, 0.15) is 16.5 Å². The maximum absolute atomic E-state index is 9.85. The highest BCUT2D eigenvalue weighted by atomic mass is 32.1. The molecule has 0 radical (unpaired) electrons. The van der Waals surface area contributed by atoms with Gasteiger partial charge in [-0.1, -0.05) is 0 Å². The van der Waals surface area contributed by atoms with Crippen LogP contribution in [0.15, 0.2) is 0 Å². The Labute approximate surface area is 170 Å². The summed E-state index contributed by atoms with van der Waals surface area (Å²) in [6, 6.07) is 0.400. The Balaban J connectivity index is 1.47. The van der Waals surface area contributed by atoms with Crippen molar-refractivity contribution >= 4 is 27.4 Å². The van der Waals surface area contributed by atoms with Gasteiger partial charge in [0.15, 0.2) is 0 Å². The zero-order valence-electron chi connectivity index (χ0n) is 16.5. The molecule has 0 aromatic carbocycles. The number of ether oxygens (including phenoxy) is 1. The first-order valence-electron chi connectivity index (χ1n) is 10.8. The number of fused-ring (bicyclic) bond motifs is 3. The van der Waals surface area contributed by atoms with Gasteiger partial charge in [-0.2, -0.15) is 0 Å². The molecule has 3 heterocycles. The van der Waals surface area contributed by atoms with Crippen molar-refractivity contribution in [2.45, 2.75) is 70.1 Å². The molecule has 1 saturated carbocycles. The molecule has 0 unspecified atom stereocenters. The highest BCUT2D eigenvalue weighted by Crippen LogP contribution is 2.39. The molecular formula is C21H30N4O2S. The lowest BCUT2D eigenvalue weighted by molar-refractivity contribution is 0.0331. The lowest BCUT2D eigenvalue weighted by atomic mass is 9.92. The average molecular weight is 403 g/mol. The van der Waals surface area contributed by atoms with E-state index in [9.17, 15) is 5.11 Å². The molecule has 2 aliphatic carbocycles. The van der Waals surface area contributed by atoms with Crippen LogP contribution in [-0.4, -0.2) is 58.4 Å². The lowest BCUT2D eigenvalue weighted by Gasteiger charge is -2.28. The topological polar surface area (TPSA) is 70.5 Å². The van der Waals surface area contributed by atoms with Crippen molar-refractivity contribution < 1.29 is 9.84 Å². The number of morpholine rings is 1. The van der Waals surface area contributed by atoms with Crippen LogP contribution in [0.3, 0.4) is 0 Å². The van der Waals surface area contributed by atoms with Gasteiger partial charge in [-0.15, -0.1) is 11.3 Å². The normalized spacial score (nSPS) is 26.3. The number of aliphatic hydroxyl groups is 1. The van der Waals surface area contributed by atoms with Gasteiger partial charge in [0.25, 0.3) is 0 Å². The molecule has 1 aliphatic heterocycles. The molecule has 2 fully saturated rings. The summed E-state index contributed by atoms with van der Waals surface area (Å²) in [5, 5.41) is 14.9. The van der Waals surface area contributed by atoms with Crippen molar-refractivity contribution in [3.63, 3.8) is 0 Å². The number of nitrogens with zero attached hydrogens (tertiary/aromatic N) is 3. The molecule has 3 aliphatic rings. The maximum Gasteiger partial charge on any atom is 0.146 e. The first kappa shape index (κ1) is 18.7. The van der Waals surface area contributed by atoms with E-state index in [4.69, 9.17) is 14.7 Å². The summed E-state index contributed by atoms with van der Waals surface area (Å²) in [7, 11) is 0. The van der Waals surface area contributed by atoms with Crippen LogP contribution >= 0.6 is 11.3 Å². The molecule has 2 aromatic heterocycles. The van der Waals surface area contributed by atoms with Gasteiger partial charge in [-0.3, -0.25) is 4.90 Å². The Bertz CT molecular complexity index is 825. The molecule has 2 N–H and O–H groups in total. The van der Waals surface area contributed by atoms with Crippen LogP contribution in [0.2, 0.25) is 0 Å². The smallest absolute Gasteiger partial charge is 0.146 e. The van der Waals surface area contributed by atoms with Crippen LogP contribution in [0.4, 0.5) is 5.82 Å². The highest BCUT2D eigenvalue weighted by molar-refractivity contribution is 7.19. The van der Waals surface area contributed by atoms with E-state index in [2.05, 4.69) is 10.2 Å². The molecule has 7 heteroatoms. The zero-order valence-corrected chi connectivity index (χ0v) is 17.3. The summed E-state index contributed by atoms with van der Waals surface area (Å²) >= 11 is 1.88. The predicted molar refractivity (Wildman–Crippen MR) is 112 cm³/mol. The van der Waals surface area contributed by atoms with E-state index < -0.39 is 0 Å². The van der Waals surface area contributed by atoms with E-state index in [0.717, 1.165) is 81.4 Å². The minimum Gasteiger partial charge on any atom is -0.393 e. The Kier molecular flexibility index (Phi) is 5.50. The first-order chi connectivity index (χ1) is 13.8. The van der Waals surface area contributed by atoms with E-state index in [1.165, 1.54) is 35.1 Å². The third-order valence-corrected chi connectivity index (χ3v) is 7.55. The fraction of sp³-hybridized carbons (Fsp3) is 0.714. The van der Waals surface area contributed by atoms with Crippen LogP contribution in [0.5, 0.6) is 0 Å². The number of aliphatic hydroxyl groups excluding tert-OH is 1. The van der Waals surface area contributed by atoms with E-state index in [-0.39, 0.29) is 6.10 Å². The fourth-order valence-electron chi connectivity index (χ4n) is 4.75. The average Bonchev–Trinajstić information content (AvgIpc) is 3.09. The van der Waals surface area contributed by atoms with Crippen molar-refractivity contribution in [2.75, 3.05) is 31.6 Å². The number of aromatic nitrogens is 2. The van der Waals surface area contributed by atoms with Crippen LogP contribution in [0.1, 0.15) is 54.8 Å². The summed E-state index contributed by atoms with van der Waals surface area (Å²) in [4.78, 5) is 15.1. The van der Waals surface area contributed by atoms with Crippen LogP contribution in [0.25, 0.3) is 10.2 Å². The van der Waals surface area contributed by atoms with E-state index >= 15 is 0 Å². The Morgan fingerprint density at radius 2 is 1.86 bits per heavy atom. The number of hydrogen-bond acceptors (Lipinski definition) is 7. The Morgan fingerprint density at radius 1 is 1.07 bits per heavy atom. The van der Waals surface area contributed by atoms with Gasteiger partial charge in [0.2, 0.25) is 0 Å². The molecule has 6 nitrogen and oxygen atoms in total. The molecule has 2 aromatic rings. The molecule has 0 atom stereocenters. The number of anilines is 1. The van der Waals surface area contributed by atoms with Crippen molar-refractivity contribution in [2.24, 2.45) is 0 Å². The molecule has 0 spiro atoms. The molecule has 1 saturated heterocycles. The lowest BCUT2D eigenvalue weighted by Crippen LogP contribution is -2.36. The second-order valence-corrected chi connectivity index (χ2v) is 9.50. The summed E-state index contributed by atoms with van der Waals surface area (Å²) in [6.07, 6.45) is 8.55. The monoisotopic (exact) mass is 402 g/mol. The molecule has 0 amide bonds. The largest absolute Gasteiger partial charge is 0.393 e. The zero-order chi connectivity index (χ0) is 18.9. The van der Waals surface area contributed by atoms with Crippen LogP contribution < -0.4 is 5.32 Å². The molecule has 152 valence electrons. The number of thiophene rings is 1. The standard InChI is InChI=1S/C21H30N4O2S/c26-15-7-5-14(6-8-15)22-20-19-16-3-1-2-4-17(16)28-21(19)24-18(23-20)13-25-9-11-27-12-10-25/h14-15,26H,1-13H2,(H,22,23,24). The van der Waals surface area contributed by atoms with Gasteiger partial charge in [0.05, 0.1) is 31.2 Å². The summed E-state index contributed by atoms with van der Waals surface area (Å²) in [5.74, 6) is 1.96. The number of nitrogens with one attached hydrogen (secondary N) is 1. The third kappa shape index (κ3) is 3.90. The van der Waals surface area contributed by atoms with Crippen molar-refractivity contribution in [3.8, 4) is 0 Å². The number of rotatable bonds is 4. The summed E-state index contributed by atoms with van der Waals surface area (Å²) < 4.78 is 5.48. The molecular weight excluding hydrogens is 372 g/mol. The quantitative estimate of drug-likeness (QED) is 0.819. The molecule has 28 heavy (non-hydrogen) atoms. The van der Waals surface area contributed by atoms with Crippen molar-refractivity contribution in [3.05, 3.63) is 16.3 Å². The second-order valence-electron chi connectivity index (χ2n) is 8.42. The van der Waals surface area contributed by atoms with E-state index in [0.29, 0.717) is 6.04 Å². The fourth-order valence-corrected chi connectivity index (χ4v) is 6.03. The van der Waals surface area contributed by atoms with Crippen LogP contribution in [0, 0.1) is 0 Å². The predicted octanol–water partition coefficient (Wildman–Crippen LogP) is 3.12. The van der Waals surface area contributed by atoms with Gasteiger partial charge >= 0.3 is 0 Å². The van der Waals surface area contributed by atoms with Gasteiger partial charge in [-0.25, -0.2) is 9.97 Å². The van der Waals surface area contributed by atoms with Crippen molar-refractivity contribution in [1.82, 2.24) is 14.9 Å². The van der Waals surface area contributed by atoms with E-state index in [1.807, 2.05) is 11.3 Å². The Hall–Kier alpha value is -1.28.